The van der Waals surface area contributed by atoms with E-state index in [1.165, 1.54) is 25.7 Å². The van der Waals surface area contributed by atoms with Gasteiger partial charge < -0.3 is 10.6 Å². The molecule has 2 rings (SSSR count). The summed E-state index contributed by atoms with van der Waals surface area (Å²) in [7, 11) is 0. The van der Waals surface area contributed by atoms with Gasteiger partial charge in [-0.25, -0.2) is 0 Å². The second kappa shape index (κ2) is 4.30. The maximum absolute atomic E-state index is 11.8. The minimum Gasteiger partial charge on any atom is -0.352 e. The lowest BCUT2D eigenvalue weighted by atomic mass is 10.0. The van der Waals surface area contributed by atoms with Gasteiger partial charge in [-0.2, -0.15) is 0 Å². The van der Waals surface area contributed by atoms with E-state index in [2.05, 4.69) is 17.6 Å². The van der Waals surface area contributed by atoms with Gasteiger partial charge in [0.15, 0.2) is 0 Å². The van der Waals surface area contributed by atoms with E-state index < -0.39 is 0 Å². The van der Waals surface area contributed by atoms with Gasteiger partial charge in [-0.3, -0.25) is 4.79 Å². The van der Waals surface area contributed by atoms with Crippen LogP contribution < -0.4 is 10.6 Å². The van der Waals surface area contributed by atoms with Gasteiger partial charge in [-0.05, 0) is 31.7 Å². The van der Waals surface area contributed by atoms with Gasteiger partial charge in [0.25, 0.3) is 0 Å². The van der Waals surface area contributed by atoms with E-state index in [0.717, 1.165) is 13.0 Å². The molecule has 0 spiro atoms. The summed E-state index contributed by atoms with van der Waals surface area (Å²) in [5, 5.41) is 6.42. The summed E-state index contributed by atoms with van der Waals surface area (Å²) in [4.78, 5) is 11.8. The third-order valence-electron chi connectivity index (χ3n) is 3.52. The third kappa shape index (κ3) is 2.08. The number of nitrogens with one attached hydrogen (secondary N) is 2. The third-order valence-corrected chi connectivity index (χ3v) is 3.52. The van der Waals surface area contributed by atoms with Crippen molar-refractivity contribution in [2.45, 2.75) is 51.1 Å². The Morgan fingerprint density at radius 2 is 2.00 bits per heavy atom. The first-order valence-corrected chi connectivity index (χ1v) is 5.81. The Labute approximate surface area is 85.6 Å². The van der Waals surface area contributed by atoms with Gasteiger partial charge in [-0.1, -0.05) is 19.8 Å². The van der Waals surface area contributed by atoms with Gasteiger partial charge in [0.05, 0.1) is 6.04 Å². The van der Waals surface area contributed by atoms with Crippen molar-refractivity contribution in [2.24, 2.45) is 5.92 Å². The molecule has 1 amide bonds. The number of rotatable bonds is 2. The smallest absolute Gasteiger partial charge is 0.237 e. The lowest BCUT2D eigenvalue weighted by Crippen LogP contribution is -2.46. The van der Waals surface area contributed by atoms with Crippen molar-refractivity contribution in [3.63, 3.8) is 0 Å². The lowest BCUT2D eigenvalue weighted by molar-refractivity contribution is -0.124. The molecule has 1 heterocycles. The first-order chi connectivity index (χ1) is 6.77. The molecule has 2 aliphatic rings. The van der Waals surface area contributed by atoms with E-state index in [9.17, 15) is 4.79 Å². The molecular formula is C11H20N2O. The predicted octanol–water partition coefficient (Wildman–Crippen LogP) is 1.04. The fourth-order valence-electron chi connectivity index (χ4n) is 2.55. The highest BCUT2D eigenvalue weighted by Crippen LogP contribution is 2.19. The van der Waals surface area contributed by atoms with Crippen LogP contribution in [0, 0.1) is 5.92 Å². The molecule has 3 heteroatoms. The number of hydrogen-bond acceptors (Lipinski definition) is 2. The Morgan fingerprint density at radius 3 is 2.57 bits per heavy atom. The standard InChI is InChI=1S/C11H20N2O/c1-8-6-7-12-10(8)11(14)13-9-4-2-3-5-9/h8-10,12H,2-7H2,1H3,(H,13,14). The summed E-state index contributed by atoms with van der Waals surface area (Å²) in [6.45, 7) is 3.14. The molecule has 0 radical (unpaired) electrons. The number of hydrogen-bond donors (Lipinski definition) is 2. The molecule has 0 aromatic carbocycles. The highest BCUT2D eigenvalue weighted by Gasteiger charge is 2.30. The van der Waals surface area contributed by atoms with E-state index in [1.807, 2.05) is 0 Å². The van der Waals surface area contributed by atoms with Gasteiger partial charge in [0.1, 0.15) is 0 Å². The van der Waals surface area contributed by atoms with Crippen molar-refractivity contribution in [2.75, 3.05) is 6.54 Å². The SMILES string of the molecule is CC1CCNC1C(=O)NC1CCCC1. The first-order valence-electron chi connectivity index (χ1n) is 5.81. The molecule has 2 unspecified atom stereocenters. The van der Waals surface area contributed by atoms with Crippen LogP contribution in [0.3, 0.4) is 0 Å². The molecular weight excluding hydrogens is 176 g/mol. The second-order valence-electron chi connectivity index (χ2n) is 4.69. The van der Waals surface area contributed by atoms with E-state index in [4.69, 9.17) is 0 Å². The quantitative estimate of drug-likeness (QED) is 0.693. The molecule has 1 aliphatic carbocycles. The summed E-state index contributed by atoms with van der Waals surface area (Å²) in [6, 6.07) is 0.521. The Kier molecular flexibility index (Phi) is 3.06. The first kappa shape index (κ1) is 9.97. The molecule has 0 aromatic heterocycles. The van der Waals surface area contributed by atoms with Gasteiger partial charge in [0, 0.05) is 6.04 Å². The largest absolute Gasteiger partial charge is 0.352 e. The molecule has 2 atom stereocenters. The van der Waals surface area contributed by atoms with Crippen molar-refractivity contribution >= 4 is 5.91 Å². The Bertz CT molecular complexity index is 211. The van der Waals surface area contributed by atoms with Crippen LogP contribution in [-0.2, 0) is 4.79 Å². The summed E-state index contributed by atoms with van der Waals surface area (Å²) in [5.74, 6) is 0.721. The van der Waals surface area contributed by atoms with Crippen LogP contribution in [0.4, 0.5) is 0 Å². The van der Waals surface area contributed by atoms with Crippen LogP contribution in [0.15, 0.2) is 0 Å². The predicted molar refractivity (Wildman–Crippen MR) is 56.0 cm³/mol. The summed E-state index contributed by atoms with van der Waals surface area (Å²) in [6.07, 6.45) is 6.03. The zero-order valence-electron chi connectivity index (χ0n) is 8.88. The maximum atomic E-state index is 11.8. The van der Waals surface area contributed by atoms with Crippen molar-refractivity contribution < 1.29 is 4.79 Å². The van der Waals surface area contributed by atoms with Gasteiger partial charge >= 0.3 is 0 Å². The van der Waals surface area contributed by atoms with Crippen LogP contribution in [-0.4, -0.2) is 24.5 Å². The minimum atomic E-state index is 0.0654. The zero-order chi connectivity index (χ0) is 9.97. The Morgan fingerprint density at radius 1 is 1.29 bits per heavy atom. The van der Waals surface area contributed by atoms with E-state index in [-0.39, 0.29) is 11.9 Å². The lowest BCUT2D eigenvalue weighted by Gasteiger charge is -2.18. The van der Waals surface area contributed by atoms with Gasteiger partial charge in [-0.15, -0.1) is 0 Å². The number of carbonyl (C=O) groups is 1. The molecule has 80 valence electrons. The van der Waals surface area contributed by atoms with Crippen molar-refractivity contribution in [3.8, 4) is 0 Å². The topological polar surface area (TPSA) is 41.1 Å². The highest BCUT2D eigenvalue weighted by molar-refractivity contribution is 5.82. The Balaban J connectivity index is 1.82. The normalized spacial score (nSPS) is 33.5. The number of amides is 1. The second-order valence-corrected chi connectivity index (χ2v) is 4.69. The molecule has 1 saturated carbocycles. The van der Waals surface area contributed by atoms with Crippen LogP contribution in [0.5, 0.6) is 0 Å². The molecule has 3 nitrogen and oxygen atoms in total. The van der Waals surface area contributed by atoms with E-state index in [1.54, 1.807) is 0 Å². The average Bonchev–Trinajstić information content (AvgIpc) is 2.75. The fourth-order valence-corrected chi connectivity index (χ4v) is 2.55. The van der Waals surface area contributed by atoms with Crippen molar-refractivity contribution in [3.05, 3.63) is 0 Å². The summed E-state index contributed by atoms with van der Waals surface area (Å²) in [5.41, 5.74) is 0. The number of carbonyl (C=O) groups excluding carboxylic acids is 1. The van der Waals surface area contributed by atoms with Crippen LogP contribution in [0.25, 0.3) is 0 Å². The van der Waals surface area contributed by atoms with Crippen molar-refractivity contribution in [1.82, 2.24) is 10.6 Å². The average molecular weight is 196 g/mol. The zero-order valence-corrected chi connectivity index (χ0v) is 8.88. The van der Waals surface area contributed by atoms with E-state index >= 15 is 0 Å². The summed E-state index contributed by atoms with van der Waals surface area (Å²) >= 11 is 0. The molecule has 0 aromatic rings. The molecule has 2 N–H and O–H groups in total. The van der Waals surface area contributed by atoms with Gasteiger partial charge in [0.2, 0.25) is 5.91 Å². The van der Waals surface area contributed by atoms with E-state index in [0.29, 0.717) is 12.0 Å². The van der Waals surface area contributed by atoms with Crippen LogP contribution in [0.2, 0.25) is 0 Å². The molecule has 0 bridgehead atoms. The minimum absolute atomic E-state index is 0.0654. The molecule has 1 aliphatic heterocycles. The van der Waals surface area contributed by atoms with Crippen LogP contribution >= 0.6 is 0 Å². The molecule has 2 fully saturated rings. The fraction of sp³-hybridized carbons (Fsp3) is 0.909. The monoisotopic (exact) mass is 196 g/mol. The Hall–Kier alpha value is -0.570. The maximum Gasteiger partial charge on any atom is 0.237 e. The molecule has 1 saturated heterocycles. The van der Waals surface area contributed by atoms with Crippen molar-refractivity contribution in [1.29, 1.82) is 0 Å². The van der Waals surface area contributed by atoms with Crippen LogP contribution in [0.1, 0.15) is 39.0 Å². The summed E-state index contributed by atoms with van der Waals surface area (Å²) < 4.78 is 0. The molecule has 14 heavy (non-hydrogen) atoms. The highest BCUT2D eigenvalue weighted by atomic mass is 16.2.